The van der Waals surface area contributed by atoms with E-state index >= 15 is 0 Å². The minimum Gasteiger partial charge on any atom is -0.396 e. The van der Waals surface area contributed by atoms with E-state index in [1.165, 1.54) is 12.8 Å². The zero-order valence-corrected chi connectivity index (χ0v) is 11.9. The molecule has 4 heteroatoms. The minimum absolute atomic E-state index is 0.244. The zero-order chi connectivity index (χ0) is 13.5. The Bertz CT molecular complexity index is 277. The fraction of sp³-hybridized carbons (Fsp3) is 0.933. The van der Waals surface area contributed by atoms with E-state index in [1.807, 2.05) is 0 Å². The lowest BCUT2D eigenvalue weighted by Crippen LogP contribution is -2.36. The molecule has 1 unspecified atom stereocenters. The molecule has 2 rings (SSSR count). The third-order valence-electron chi connectivity index (χ3n) is 4.62. The van der Waals surface area contributed by atoms with Crippen LogP contribution in [0.1, 0.15) is 51.4 Å². The molecule has 0 radical (unpaired) electrons. The third-order valence-corrected chi connectivity index (χ3v) is 4.62. The topological polar surface area (TPSA) is 52.6 Å². The molecule has 0 saturated carbocycles. The van der Waals surface area contributed by atoms with Crippen molar-refractivity contribution < 1.29 is 9.90 Å². The highest BCUT2D eigenvalue weighted by molar-refractivity contribution is 5.76. The number of nitrogens with zero attached hydrogens (tertiary/aromatic N) is 1. The number of piperidine rings is 1. The normalized spacial score (nSPS) is 24.9. The second kappa shape index (κ2) is 7.85. The highest BCUT2D eigenvalue weighted by Gasteiger charge is 2.28. The summed E-state index contributed by atoms with van der Waals surface area (Å²) in [5.41, 5.74) is 0. The summed E-state index contributed by atoms with van der Waals surface area (Å²) in [5, 5.41) is 12.3. The van der Waals surface area contributed by atoms with Crippen molar-refractivity contribution in [3.63, 3.8) is 0 Å². The third kappa shape index (κ3) is 4.46. The number of carbonyl (C=O) groups excluding carboxylic acids is 1. The zero-order valence-electron chi connectivity index (χ0n) is 11.9. The predicted octanol–water partition coefficient (Wildman–Crippen LogP) is 1.53. The van der Waals surface area contributed by atoms with Gasteiger partial charge in [0.2, 0.25) is 5.91 Å². The maximum atomic E-state index is 12.3. The molecule has 4 nitrogen and oxygen atoms in total. The molecule has 2 heterocycles. The lowest BCUT2D eigenvalue weighted by molar-refractivity contribution is -0.132. The van der Waals surface area contributed by atoms with Crippen molar-refractivity contribution in [2.75, 3.05) is 26.2 Å². The van der Waals surface area contributed by atoms with Gasteiger partial charge in [0.25, 0.3) is 0 Å². The molecule has 2 aliphatic heterocycles. The fourth-order valence-electron chi connectivity index (χ4n) is 3.43. The van der Waals surface area contributed by atoms with Crippen LogP contribution in [0.2, 0.25) is 0 Å². The van der Waals surface area contributed by atoms with Gasteiger partial charge in [-0.3, -0.25) is 4.79 Å². The van der Waals surface area contributed by atoms with Gasteiger partial charge in [0.1, 0.15) is 0 Å². The molecule has 0 aromatic carbocycles. The monoisotopic (exact) mass is 268 g/mol. The van der Waals surface area contributed by atoms with Gasteiger partial charge in [-0.2, -0.15) is 0 Å². The van der Waals surface area contributed by atoms with E-state index in [9.17, 15) is 4.79 Å². The van der Waals surface area contributed by atoms with Crippen molar-refractivity contribution in [2.24, 2.45) is 5.92 Å². The second-order valence-electron chi connectivity index (χ2n) is 5.98. The van der Waals surface area contributed by atoms with Gasteiger partial charge in [-0.25, -0.2) is 0 Å². The summed E-state index contributed by atoms with van der Waals surface area (Å²) in [6, 6.07) is 0.396. The van der Waals surface area contributed by atoms with Crippen LogP contribution in [0.15, 0.2) is 0 Å². The number of aliphatic hydroxyl groups is 1. The average Bonchev–Trinajstić information content (AvgIpc) is 2.92. The standard InChI is InChI=1S/C15H28N2O2/c18-12-2-4-14-3-1-11-17(14)15(19)6-5-13-7-9-16-10-8-13/h13-14,16,18H,1-12H2. The molecule has 0 aromatic rings. The van der Waals surface area contributed by atoms with Crippen LogP contribution in [0, 0.1) is 5.92 Å². The van der Waals surface area contributed by atoms with Crippen molar-refractivity contribution in [3.05, 3.63) is 0 Å². The van der Waals surface area contributed by atoms with Gasteiger partial charge in [-0.15, -0.1) is 0 Å². The van der Waals surface area contributed by atoms with Gasteiger partial charge in [0, 0.05) is 25.6 Å². The van der Waals surface area contributed by atoms with Crippen LogP contribution >= 0.6 is 0 Å². The van der Waals surface area contributed by atoms with E-state index in [4.69, 9.17) is 5.11 Å². The minimum atomic E-state index is 0.244. The van der Waals surface area contributed by atoms with E-state index in [0.29, 0.717) is 11.9 Å². The first kappa shape index (κ1) is 14.8. The first-order valence-electron chi connectivity index (χ1n) is 7.92. The molecule has 0 bridgehead atoms. The largest absolute Gasteiger partial charge is 0.396 e. The van der Waals surface area contributed by atoms with Crippen LogP contribution in [-0.2, 0) is 4.79 Å². The van der Waals surface area contributed by atoms with Crippen LogP contribution in [0.25, 0.3) is 0 Å². The molecular weight excluding hydrogens is 240 g/mol. The summed E-state index contributed by atoms with van der Waals surface area (Å²) in [6.07, 6.45) is 8.28. The quantitative estimate of drug-likeness (QED) is 0.768. The summed E-state index contributed by atoms with van der Waals surface area (Å²) < 4.78 is 0. The van der Waals surface area contributed by atoms with Crippen molar-refractivity contribution in [1.29, 1.82) is 0 Å². The Balaban J connectivity index is 1.71. The van der Waals surface area contributed by atoms with Gasteiger partial charge in [-0.05, 0) is 64.0 Å². The molecule has 1 amide bonds. The maximum Gasteiger partial charge on any atom is 0.222 e. The average molecular weight is 268 g/mol. The van der Waals surface area contributed by atoms with Crippen LogP contribution in [0.4, 0.5) is 0 Å². The first-order chi connectivity index (χ1) is 9.31. The Kier molecular flexibility index (Phi) is 6.11. The second-order valence-corrected chi connectivity index (χ2v) is 5.98. The van der Waals surface area contributed by atoms with Crippen LogP contribution in [0.3, 0.4) is 0 Å². The SMILES string of the molecule is O=C(CCC1CCNCC1)N1CCCC1CCCO. The highest BCUT2D eigenvalue weighted by atomic mass is 16.3. The number of aliphatic hydroxyl groups excluding tert-OH is 1. The number of carbonyl (C=O) groups is 1. The van der Waals surface area contributed by atoms with Crippen molar-refractivity contribution in [2.45, 2.75) is 57.4 Å². The van der Waals surface area contributed by atoms with Crippen LogP contribution in [-0.4, -0.2) is 48.2 Å². The lowest BCUT2D eigenvalue weighted by atomic mass is 9.93. The van der Waals surface area contributed by atoms with Gasteiger partial charge >= 0.3 is 0 Å². The molecule has 1 atom stereocenters. The van der Waals surface area contributed by atoms with Gasteiger partial charge < -0.3 is 15.3 Å². The van der Waals surface area contributed by atoms with Crippen LogP contribution in [0.5, 0.6) is 0 Å². The molecule has 2 N–H and O–H groups in total. The molecule has 0 aromatic heterocycles. The van der Waals surface area contributed by atoms with E-state index in [0.717, 1.165) is 64.1 Å². The summed E-state index contributed by atoms with van der Waals surface area (Å²) in [6.45, 7) is 3.40. The number of amides is 1. The summed E-state index contributed by atoms with van der Waals surface area (Å²) in [5.74, 6) is 1.09. The summed E-state index contributed by atoms with van der Waals surface area (Å²) in [4.78, 5) is 14.4. The summed E-state index contributed by atoms with van der Waals surface area (Å²) >= 11 is 0. The number of likely N-dealkylation sites (tertiary alicyclic amines) is 1. The molecule has 2 saturated heterocycles. The molecule has 19 heavy (non-hydrogen) atoms. The number of nitrogens with one attached hydrogen (secondary N) is 1. The Morgan fingerprint density at radius 3 is 2.74 bits per heavy atom. The van der Waals surface area contributed by atoms with Gasteiger partial charge in [0.05, 0.1) is 0 Å². The molecule has 0 aliphatic carbocycles. The molecule has 0 spiro atoms. The van der Waals surface area contributed by atoms with Gasteiger partial charge in [-0.1, -0.05) is 0 Å². The Hall–Kier alpha value is -0.610. The first-order valence-corrected chi connectivity index (χ1v) is 7.92. The van der Waals surface area contributed by atoms with E-state index in [2.05, 4.69) is 10.2 Å². The van der Waals surface area contributed by atoms with Crippen molar-refractivity contribution in [1.82, 2.24) is 10.2 Å². The Labute approximate surface area is 116 Å². The van der Waals surface area contributed by atoms with Crippen molar-refractivity contribution in [3.8, 4) is 0 Å². The number of hydrogen-bond donors (Lipinski definition) is 2. The predicted molar refractivity (Wildman–Crippen MR) is 75.9 cm³/mol. The number of hydrogen-bond acceptors (Lipinski definition) is 3. The Morgan fingerprint density at radius 2 is 2.00 bits per heavy atom. The lowest BCUT2D eigenvalue weighted by Gasteiger charge is -2.27. The van der Waals surface area contributed by atoms with E-state index in [1.54, 1.807) is 0 Å². The van der Waals surface area contributed by atoms with Crippen molar-refractivity contribution >= 4 is 5.91 Å². The molecule has 2 aliphatic rings. The molecular formula is C15H28N2O2. The highest BCUT2D eigenvalue weighted by Crippen LogP contribution is 2.24. The van der Waals surface area contributed by atoms with Gasteiger partial charge in [0.15, 0.2) is 0 Å². The molecule has 110 valence electrons. The van der Waals surface area contributed by atoms with E-state index in [-0.39, 0.29) is 6.61 Å². The maximum absolute atomic E-state index is 12.3. The van der Waals surface area contributed by atoms with Crippen LogP contribution < -0.4 is 5.32 Å². The summed E-state index contributed by atoms with van der Waals surface area (Å²) in [7, 11) is 0. The number of rotatable bonds is 6. The Morgan fingerprint density at radius 1 is 1.21 bits per heavy atom. The smallest absolute Gasteiger partial charge is 0.222 e. The van der Waals surface area contributed by atoms with E-state index < -0.39 is 0 Å². The molecule has 2 fully saturated rings. The fourth-order valence-corrected chi connectivity index (χ4v) is 3.43.